The molecule has 0 spiro atoms. The number of halogens is 3. The summed E-state index contributed by atoms with van der Waals surface area (Å²) < 4.78 is 40.3. The molecule has 1 amide bonds. The van der Waals surface area contributed by atoms with Gasteiger partial charge in [-0.15, -0.1) is 0 Å². The van der Waals surface area contributed by atoms with Gasteiger partial charge in [0.1, 0.15) is 17.5 Å². The maximum absolute atomic E-state index is 13.9. The zero-order chi connectivity index (χ0) is 20.1. The van der Waals surface area contributed by atoms with Gasteiger partial charge in [0.05, 0.1) is 0 Å². The molecule has 1 saturated heterocycles. The topological polar surface area (TPSA) is 23.6 Å². The van der Waals surface area contributed by atoms with Crippen molar-refractivity contribution in [2.24, 2.45) is 0 Å². The van der Waals surface area contributed by atoms with Crippen LogP contribution in [0.5, 0.6) is 0 Å². The van der Waals surface area contributed by atoms with Crippen molar-refractivity contribution in [1.82, 2.24) is 4.90 Å². The number of anilines is 1. The summed E-state index contributed by atoms with van der Waals surface area (Å²) >= 11 is 0. The quantitative estimate of drug-likeness (QED) is 0.700. The van der Waals surface area contributed by atoms with Crippen LogP contribution in [0.2, 0.25) is 0 Å². The standard InChI is InChI=1S/C22H25F3N2O/c1-2-3-22(28)27(19-8-6-17(23)7-9-19)20-10-12-26(13-11-20)15-16-4-5-18(24)14-21(16)25/h4-9,14,20H,2-3,10-13,15H2,1H3. The fraction of sp³-hybridized carbons (Fsp3) is 0.409. The lowest BCUT2D eigenvalue weighted by Crippen LogP contribution is -2.47. The van der Waals surface area contributed by atoms with E-state index in [2.05, 4.69) is 4.90 Å². The first kappa shape index (κ1) is 20.4. The lowest BCUT2D eigenvalue weighted by Gasteiger charge is -2.38. The SMILES string of the molecule is CCCC(=O)N(c1ccc(F)cc1)C1CCN(Cc2ccc(F)cc2F)CC1. The van der Waals surface area contributed by atoms with Crippen molar-refractivity contribution in [3.8, 4) is 0 Å². The monoisotopic (exact) mass is 390 g/mol. The Kier molecular flexibility index (Phi) is 6.73. The third kappa shape index (κ3) is 4.93. The first-order chi connectivity index (χ1) is 13.5. The first-order valence-corrected chi connectivity index (χ1v) is 9.72. The van der Waals surface area contributed by atoms with Crippen molar-refractivity contribution >= 4 is 11.6 Å². The molecular weight excluding hydrogens is 365 g/mol. The van der Waals surface area contributed by atoms with Gasteiger partial charge in [-0.2, -0.15) is 0 Å². The van der Waals surface area contributed by atoms with Crippen molar-refractivity contribution in [3.05, 3.63) is 65.5 Å². The number of benzene rings is 2. The van der Waals surface area contributed by atoms with Gasteiger partial charge < -0.3 is 4.90 Å². The Morgan fingerprint density at radius 2 is 1.68 bits per heavy atom. The summed E-state index contributed by atoms with van der Waals surface area (Å²) in [6, 6.07) is 9.70. The molecule has 1 heterocycles. The number of piperidine rings is 1. The Morgan fingerprint density at radius 1 is 1.04 bits per heavy atom. The summed E-state index contributed by atoms with van der Waals surface area (Å²) in [4.78, 5) is 16.6. The van der Waals surface area contributed by atoms with Gasteiger partial charge in [-0.3, -0.25) is 9.69 Å². The zero-order valence-electron chi connectivity index (χ0n) is 16.0. The molecule has 0 unspecified atom stereocenters. The molecule has 0 aliphatic carbocycles. The van der Waals surface area contributed by atoms with Crippen LogP contribution >= 0.6 is 0 Å². The minimum absolute atomic E-state index is 0.0267. The molecule has 6 heteroatoms. The molecule has 3 nitrogen and oxygen atoms in total. The van der Waals surface area contributed by atoms with Crippen molar-refractivity contribution in [1.29, 1.82) is 0 Å². The molecule has 28 heavy (non-hydrogen) atoms. The summed E-state index contributed by atoms with van der Waals surface area (Å²) in [6.45, 7) is 3.79. The molecule has 0 bridgehead atoms. The third-order valence-corrected chi connectivity index (χ3v) is 5.17. The smallest absolute Gasteiger partial charge is 0.227 e. The highest BCUT2D eigenvalue weighted by atomic mass is 19.1. The van der Waals surface area contributed by atoms with E-state index in [4.69, 9.17) is 0 Å². The molecule has 2 aromatic rings. The number of amides is 1. The molecule has 1 fully saturated rings. The summed E-state index contributed by atoms with van der Waals surface area (Å²) in [7, 11) is 0. The maximum Gasteiger partial charge on any atom is 0.227 e. The Labute approximate surface area is 163 Å². The number of carbonyl (C=O) groups is 1. The second-order valence-electron chi connectivity index (χ2n) is 7.23. The number of likely N-dealkylation sites (tertiary alicyclic amines) is 1. The molecule has 0 saturated carbocycles. The third-order valence-electron chi connectivity index (χ3n) is 5.17. The highest BCUT2D eigenvalue weighted by Crippen LogP contribution is 2.26. The Balaban J connectivity index is 1.67. The molecule has 2 aromatic carbocycles. The van der Waals surface area contributed by atoms with Crippen LogP contribution in [0.25, 0.3) is 0 Å². The number of nitrogens with zero attached hydrogens (tertiary/aromatic N) is 2. The number of carbonyl (C=O) groups excluding carboxylic acids is 1. The van der Waals surface area contributed by atoms with Gasteiger partial charge in [-0.05, 0) is 49.6 Å². The average molecular weight is 390 g/mol. The van der Waals surface area contributed by atoms with Crippen LogP contribution in [0.1, 0.15) is 38.2 Å². The maximum atomic E-state index is 13.9. The summed E-state index contributed by atoms with van der Waals surface area (Å²) in [5, 5.41) is 0. The van der Waals surface area contributed by atoms with Gasteiger partial charge in [0, 0.05) is 49.4 Å². The van der Waals surface area contributed by atoms with Crippen LogP contribution in [0.3, 0.4) is 0 Å². The molecule has 150 valence electrons. The minimum atomic E-state index is -0.579. The lowest BCUT2D eigenvalue weighted by molar-refractivity contribution is -0.119. The van der Waals surface area contributed by atoms with Gasteiger partial charge in [0.2, 0.25) is 5.91 Å². The fourth-order valence-electron chi connectivity index (χ4n) is 3.72. The van der Waals surface area contributed by atoms with Crippen LogP contribution in [0, 0.1) is 17.5 Å². The summed E-state index contributed by atoms with van der Waals surface area (Å²) in [6.07, 6.45) is 2.68. The van der Waals surface area contributed by atoms with E-state index < -0.39 is 11.6 Å². The molecule has 0 atom stereocenters. The number of hydrogen-bond acceptors (Lipinski definition) is 2. The lowest BCUT2D eigenvalue weighted by atomic mass is 10.0. The minimum Gasteiger partial charge on any atom is -0.309 e. The van der Waals surface area contributed by atoms with Crippen LogP contribution in [0.15, 0.2) is 42.5 Å². The van der Waals surface area contributed by atoms with Crippen molar-refractivity contribution in [3.63, 3.8) is 0 Å². The predicted octanol–water partition coefficient (Wildman–Crippen LogP) is 4.90. The van der Waals surface area contributed by atoms with E-state index in [0.29, 0.717) is 37.3 Å². The Bertz CT molecular complexity index is 802. The van der Waals surface area contributed by atoms with Crippen LogP contribution in [-0.2, 0) is 11.3 Å². The second-order valence-corrected chi connectivity index (χ2v) is 7.23. The molecular formula is C22H25F3N2O. The van der Waals surface area contributed by atoms with Gasteiger partial charge >= 0.3 is 0 Å². The largest absolute Gasteiger partial charge is 0.309 e. The average Bonchev–Trinajstić information content (AvgIpc) is 2.67. The van der Waals surface area contributed by atoms with E-state index in [9.17, 15) is 18.0 Å². The van der Waals surface area contributed by atoms with Gasteiger partial charge in [-0.1, -0.05) is 13.0 Å². The second kappa shape index (κ2) is 9.24. The van der Waals surface area contributed by atoms with Crippen LogP contribution in [0.4, 0.5) is 18.9 Å². The first-order valence-electron chi connectivity index (χ1n) is 9.72. The van der Waals surface area contributed by atoms with Crippen molar-refractivity contribution < 1.29 is 18.0 Å². The molecule has 0 aromatic heterocycles. The van der Waals surface area contributed by atoms with E-state index in [1.54, 1.807) is 17.0 Å². The fourth-order valence-corrected chi connectivity index (χ4v) is 3.72. The summed E-state index contributed by atoms with van der Waals surface area (Å²) in [5.74, 6) is -1.41. The highest BCUT2D eigenvalue weighted by Gasteiger charge is 2.29. The van der Waals surface area contributed by atoms with E-state index in [0.717, 1.165) is 25.3 Å². The number of hydrogen-bond donors (Lipinski definition) is 0. The van der Waals surface area contributed by atoms with Crippen LogP contribution in [-0.4, -0.2) is 29.9 Å². The molecule has 0 N–H and O–H groups in total. The molecule has 1 aliphatic rings. The van der Waals surface area contributed by atoms with Crippen LogP contribution < -0.4 is 4.90 Å². The van der Waals surface area contributed by atoms with E-state index in [-0.39, 0.29) is 17.8 Å². The van der Waals surface area contributed by atoms with E-state index >= 15 is 0 Å². The van der Waals surface area contributed by atoms with E-state index in [1.165, 1.54) is 24.3 Å². The van der Waals surface area contributed by atoms with Crippen molar-refractivity contribution in [2.45, 2.75) is 45.2 Å². The Hall–Kier alpha value is -2.34. The van der Waals surface area contributed by atoms with Gasteiger partial charge in [0.15, 0.2) is 0 Å². The molecule has 0 radical (unpaired) electrons. The zero-order valence-corrected chi connectivity index (χ0v) is 16.0. The van der Waals surface area contributed by atoms with E-state index in [1.807, 2.05) is 6.92 Å². The molecule has 3 rings (SSSR count). The normalized spacial score (nSPS) is 15.6. The Morgan fingerprint density at radius 3 is 2.29 bits per heavy atom. The number of rotatable bonds is 6. The van der Waals surface area contributed by atoms with Gasteiger partial charge in [0.25, 0.3) is 0 Å². The predicted molar refractivity (Wildman–Crippen MR) is 103 cm³/mol. The summed E-state index contributed by atoms with van der Waals surface area (Å²) in [5.41, 5.74) is 1.18. The highest BCUT2D eigenvalue weighted by molar-refractivity contribution is 5.93. The van der Waals surface area contributed by atoms with Crippen molar-refractivity contribution in [2.75, 3.05) is 18.0 Å². The molecule has 1 aliphatic heterocycles. The van der Waals surface area contributed by atoms with Gasteiger partial charge in [-0.25, -0.2) is 13.2 Å².